The molecule has 0 aromatic heterocycles. The van der Waals surface area contributed by atoms with Crippen LogP contribution in [0.1, 0.15) is 35.2 Å². The molecule has 33 heavy (non-hydrogen) atoms. The molecule has 172 valence electrons. The molecule has 2 atom stereocenters. The van der Waals surface area contributed by atoms with Gasteiger partial charge in [-0.3, -0.25) is 0 Å². The van der Waals surface area contributed by atoms with Crippen LogP contribution in [0, 0.1) is 12.7 Å². The summed E-state index contributed by atoms with van der Waals surface area (Å²) in [5, 5.41) is 5.72. The van der Waals surface area contributed by atoms with Crippen LogP contribution >= 0.6 is 34.8 Å². The smallest absolute Gasteiger partial charge is 0.241 e. The van der Waals surface area contributed by atoms with Crippen LogP contribution in [0.15, 0.2) is 70.7 Å². The van der Waals surface area contributed by atoms with E-state index in [0.717, 1.165) is 11.6 Å². The molecule has 1 unspecified atom stereocenters. The van der Waals surface area contributed by atoms with Gasteiger partial charge in [0.1, 0.15) is 5.82 Å². The minimum Gasteiger partial charge on any atom is -0.302 e. The highest BCUT2D eigenvalue weighted by atomic mass is 35.5. The first kappa shape index (κ1) is 24.0. The number of aryl methyl sites for hydroxylation is 1. The van der Waals surface area contributed by atoms with E-state index < -0.39 is 21.9 Å². The molecule has 0 amide bonds. The Kier molecular flexibility index (Phi) is 6.98. The third-order valence-corrected chi connectivity index (χ3v) is 7.75. The SMILES string of the molecule is Cc1ccc(F)cc1S(=O)(=O)N[C@@H](C1=NNC(c2ccc(Cl)cc2)C1)c1ccc(Cl)cc1Cl. The van der Waals surface area contributed by atoms with Crippen LogP contribution in [0.3, 0.4) is 0 Å². The van der Waals surface area contributed by atoms with Crippen LogP contribution in [0.2, 0.25) is 15.1 Å². The summed E-state index contributed by atoms with van der Waals surface area (Å²) in [7, 11) is -4.12. The zero-order valence-electron chi connectivity index (χ0n) is 17.3. The van der Waals surface area contributed by atoms with Crippen molar-refractivity contribution < 1.29 is 12.8 Å². The molecule has 3 aromatic rings. The van der Waals surface area contributed by atoms with Crippen molar-refractivity contribution in [2.45, 2.75) is 30.3 Å². The number of hydrogen-bond donors (Lipinski definition) is 2. The lowest BCUT2D eigenvalue weighted by molar-refractivity contribution is 0.572. The van der Waals surface area contributed by atoms with E-state index in [4.69, 9.17) is 34.8 Å². The second kappa shape index (κ2) is 9.60. The van der Waals surface area contributed by atoms with Crippen LogP contribution in [-0.4, -0.2) is 14.1 Å². The Morgan fingerprint density at radius 1 is 1.03 bits per heavy atom. The molecule has 2 N–H and O–H groups in total. The highest BCUT2D eigenvalue weighted by Crippen LogP contribution is 2.34. The molecule has 0 aliphatic carbocycles. The molecule has 4 rings (SSSR count). The molecular weight excluding hydrogens is 508 g/mol. The van der Waals surface area contributed by atoms with Gasteiger partial charge in [-0.1, -0.05) is 59.1 Å². The van der Waals surface area contributed by atoms with Gasteiger partial charge in [0, 0.05) is 21.5 Å². The molecule has 1 aliphatic heterocycles. The normalized spacial score (nSPS) is 16.9. The number of nitrogens with zero attached hydrogens (tertiary/aromatic N) is 1. The van der Waals surface area contributed by atoms with Gasteiger partial charge >= 0.3 is 0 Å². The van der Waals surface area contributed by atoms with Crippen molar-refractivity contribution in [3.63, 3.8) is 0 Å². The zero-order chi connectivity index (χ0) is 23.8. The van der Waals surface area contributed by atoms with Gasteiger partial charge in [0.25, 0.3) is 0 Å². The summed E-state index contributed by atoms with van der Waals surface area (Å²) in [5.41, 5.74) is 5.42. The molecule has 1 heterocycles. The predicted octanol–water partition coefficient (Wildman–Crippen LogP) is 6.20. The Morgan fingerprint density at radius 2 is 1.73 bits per heavy atom. The van der Waals surface area contributed by atoms with Crippen molar-refractivity contribution in [3.05, 3.63) is 98.2 Å². The molecule has 10 heteroatoms. The standard InChI is InChI=1S/C23H19Cl3FN3O2S/c1-13-2-8-17(27)11-22(13)33(31,32)30-23(18-9-7-16(25)10-19(18)26)21-12-20(28-29-21)14-3-5-15(24)6-4-14/h2-11,20,23,28,30H,12H2,1H3/t20?,23-/m1/s1. The van der Waals surface area contributed by atoms with Crippen LogP contribution in [-0.2, 0) is 10.0 Å². The van der Waals surface area contributed by atoms with E-state index in [9.17, 15) is 12.8 Å². The number of hydrogen-bond acceptors (Lipinski definition) is 4. The van der Waals surface area contributed by atoms with E-state index in [1.165, 1.54) is 18.2 Å². The number of rotatable bonds is 6. The number of halogens is 4. The number of benzene rings is 3. The van der Waals surface area contributed by atoms with Gasteiger partial charge in [0.05, 0.1) is 22.7 Å². The zero-order valence-corrected chi connectivity index (χ0v) is 20.4. The second-order valence-electron chi connectivity index (χ2n) is 7.67. The maximum Gasteiger partial charge on any atom is 0.241 e. The summed E-state index contributed by atoms with van der Waals surface area (Å²) in [6.45, 7) is 1.60. The quantitative estimate of drug-likeness (QED) is 0.401. The Balaban J connectivity index is 1.70. The third-order valence-electron chi connectivity index (χ3n) is 5.37. The van der Waals surface area contributed by atoms with Gasteiger partial charge in [0.15, 0.2) is 0 Å². The monoisotopic (exact) mass is 525 g/mol. The van der Waals surface area contributed by atoms with E-state index in [0.29, 0.717) is 33.3 Å². The van der Waals surface area contributed by atoms with E-state index in [1.807, 2.05) is 12.1 Å². The molecule has 5 nitrogen and oxygen atoms in total. The van der Waals surface area contributed by atoms with Crippen molar-refractivity contribution in [3.8, 4) is 0 Å². The Hall–Kier alpha value is -2.16. The first-order valence-electron chi connectivity index (χ1n) is 9.95. The highest BCUT2D eigenvalue weighted by molar-refractivity contribution is 7.89. The lowest BCUT2D eigenvalue weighted by Crippen LogP contribution is -2.34. The van der Waals surface area contributed by atoms with E-state index in [-0.39, 0.29) is 16.0 Å². The van der Waals surface area contributed by atoms with E-state index >= 15 is 0 Å². The number of hydrazone groups is 1. The van der Waals surface area contributed by atoms with Gasteiger partial charge < -0.3 is 5.43 Å². The fourth-order valence-corrected chi connectivity index (χ4v) is 5.76. The van der Waals surface area contributed by atoms with Crippen molar-refractivity contribution in [2.24, 2.45) is 5.10 Å². The molecule has 0 bridgehead atoms. The minimum absolute atomic E-state index is 0.154. The van der Waals surface area contributed by atoms with Crippen molar-refractivity contribution in [1.29, 1.82) is 0 Å². The number of sulfonamides is 1. The van der Waals surface area contributed by atoms with Crippen molar-refractivity contribution in [1.82, 2.24) is 10.1 Å². The number of nitrogens with one attached hydrogen (secondary N) is 2. The Labute approximate surface area is 206 Å². The summed E-state index contributed by atoms with van der Waals surface area (Å²) in [5.74, 6) is -0.648. The predicted molar refractivity (Wildman–Crippen MR) is 130 cm³/mol. The molecule has 0 radical (unpaired) electrons. The maximum atomic E-state index is 13.8. The Bertz CT molecular complexity index is 1330. The van der Waals surface area contributed by atoms with Gasteiger partial charge in [-0.25, -0.2) is 12.8 Å². The van der Waals surface area contributed by atoms with Crippen molar-refractivity contribution in [2.75, 3.05) is 0 Å². The summed E-state index contributed by atoms with van der Waals surface area (Å²) in [6, 6.07) is 14.7. The fourth-order valence-electron chi connectivity index (χ4n) is 3.66. The summed E-state index contributed by atoms with van der Waals surface area (Å²) in [4.78, 5) is -0.154. The van der Waals surface area contributed by atoms with Gasteiger partial charge in [0.2, 0.25) is 10.0 Å². The van der Waals surface area contributed by atoms with Crippen LogP contribution in [0.25, 0.3) is 0 Å². The van der Waals surface area contributed by atoms with E-state index in [1.54, 1.807) is 31.2 Å². The minimum atomic E-state index is -4.12. The molecule has 0 spiro atoms. The molecule has 0 saturated heterocycles. The first-order valence-corrected chi connectivity index (χ1v) is 12.6. The molecule has 1 aliphatic rings. The van der Waals surface area contributed by atoms with Gasteiger partial charge in [-0.2, -0.15) is 9.82 Å². The Morgan fingerprint density at radius 3 is 2.42 bits per heavy atom. The topological polar surface area (TPSA) is 70.6 Å². The maximum absolute atomic E-state index is 13.8. The van der Waals surface area contributed by atoms with Gasteiger partial charge in [-0.15, -0.1) is 0 Å². The van der Waals surface area contributed by atoms with Crippen LogP contribution in [0.5, 0.6) is 0 Å². The molecule has 0 fully saturated rings. The average molecular weight is 527 g/mol. The third kappa shape index (κ3) is 5.34. The molecular formula is C23H19Cl3FN3O2S. The summed E-state index contributed by atoms with van der Waals surface area (Å²) in [6.07, 6.45) is 0.413. The fraction of sp³-hybridized carbons (Fsp3) is 0.174. The highest BCUT2D eigenvalue weighted by Gasteiger charge is 2.33. The van der Waals surface area contributed by atoms with E-state index in [2.05, 4.69) is 15.2 Å². The largest absolute Gasteiger partial charge is 0.302 e. The second-order valence-corrected chi connectivity index (χ2v) is 10.6. The van der Waals surface area contributed by atoms with Gasteiger partial charge in [-0.05, 0) is 60.0 Å². The van der Waals surface area contributed by atoms with Crippen LogP contribution in [0.4, 0.5) is 4.39 Å². The molecule has 0 saturated carbocycles. The summed E-state index contributed by atoms with van der Waals surface area (Å²) >= 11 is 18.5. The molecule has 3 aromatic carbocycles. The summed E-state index contributed by atoms with van der Waals surface area (Å²) < 4.78 is 43.1. The lowest BCUT2D eigenvalue weighted by atomic mass is 9.96. The van der Waals surface area contributed by atoms with Crippen LogP contribution < -0.4 is 10.1 Å². The average Bonchev–Trinajstić information content (AvgIpc) is 3.25. The van der Waals surface area contributed by atoms with Crippen molar-refractivity contribution >= 4 is 50.5 Å². The first-order chi connectivity index (χ1) is 15.6. The lowest BCUT2D eigenvalue weighted by Gasteiger charge is -2.21.